The standard InChI is InChI=1S/C14H18N2O6/c1-14(2,3)22-13(19)15-11(12(17)18)8-9-5-4-6-10(7-9)16(20)21/h4-7,11H,8H2,1-3H3,(H,15,19)(H,17,18)/t11-/m0/s1. The molecule has 8 nitrogen and oxygen atoms in total. The van der Waals surface area contributed by atoms with Crippen molar-refractivity contribution in [3.63, 3.8) is 0 Å². The SMILES string of the molecule is CC(C)(C)OC(=O)N[C@@H](Cc1cccc([N+](=O)[O-])c1)C(=O)O. The van der Waals surface area contributed by atoms with Crippen LogP contribution in [-0.2, 0) is 16.0 Å². The maximum Gasteiger partial charge on any atom is 0.408 e. The molecule has 2 N–H and O–H groups in total. The van der Waals surface area contributed by atoms with Gasteiger partial charge in [-0.2, -0.15) is 0 Å². The van der Waals surface area contributed by atoms with E-state index in [1.165, 1.54) is 18.2 Å². The molecule has 1 aromatic carbocycles. The van der Waals surface area contributed by atoms with E-state index in [9.17, 15) is 19.7 Å². The van der Waals surface area contributed by atoms with Gasteiger partial charge in [-0.3, -0.25) is 10.1 Å². The first kappa shape index (κ1) is 17.4. The second kappa shape index (κ2) is 6.88. The van der Waals surface area contributed by atoms with Gasteiger partial charge in [0, 0.05) is 18.6 Å². The zero-order chi connectivity index (χ0) is 16.9. The van der Waals surface area contributed by atoms with Gasteiger partial charge in [-0.15, -0.1) is 0 Å². The number of carbonyl (C=O) groups excluding carboxylic acids is 1. The van der Waals surface area contributed by atoms with Crippen molar-refractivity contribution in [3.8, 4) is 0 Å². The lowest BCUT2D eigenvalue weighted by molar-refractivity contribution is -0.384. The van der Waals surface area contributed by atoms with Crippen LogP contribution in [0.25, 0.3) is 0 Å². The molecule has 0 aliphatic carbocycles. The molecule has 0 fully saturated rings. The topological polar surface area (TPSA) is 119 Å². The van der Waals surface area contributed by atoms with Crippen molar-refractivity contribution in [1.29, 1.82) is 0 Å². The van der Waals surface area contributed by atoms with Crippen LogP contribution in [-0.4, -0.2) is 33.7 Å². The van der Waals surface area contributed by atoms with Crippen LogP contribution in [0.4, 0.5) is 10.5 Å². The van der Waals surface area contributed by atoms with E-state index in [1.54, 1.807) is 26.8 Å². The fraction of sp³-hybridized carbons (Fsp3) is 0.429. The minimum Gasteiger partial charge on any atom is -0.480 e. The molecule has 0 aliphatic rings. The Labute approximate surface area is 127 Å². The number of aliphatic carboxylic acids is 1. The van der Waals surface area contributed by atoms with Crippen LogP contribution in [0, 0.1) is 10.1 Å². The lowest BCUT2D eigenvalue weighted by atomic mass is 10.1. The highest BCUT2D eigenvalue weighted by atomic mass is 16.6. The van der Waals surface area contributed by atoms with E-state index >= 15 is 0 Å². The highest BCUT2D eigenvalue weighted by molar-refractivity contribution is 5.80. The number of carbonyl (C=O) groups is 2. The number of nitrogens with one attached hydrogen (secondary N) is 1. The smallest absolute Gasteiger partial charge is 0.408 e. The Kier molecular flexibility index (Phi) is 5.44. The van der Waals surface area contributed by atoms with Gasteiger partial charge >= 0.3 is 12.1 Å². The molecule has 0 aliphatic heterocycles. The van der Waals surface area contributed by atoms with Gasteiger partial charge < -0.3 is 15.2 Å². The van der Waals surface area contributed by atoms with Gasteiger partial charge in [0.05, 0.1) is 4.92 Å². The number of nitro groups is 1. The molecular weight excluding hydrogens is 292 g/mol. The largest absolute Gasteiger partial charge is 0.480 e. The first-order valence-corrected chi connectivity index (χ1v) is 6.54. The number of nitro benzene ring substituents is 1. The van der Waals surface area contributed by atoms with Crippen LogP contribution in [0.5, 0.6) is 0 Å². The molecule has 1 aromatic rings. The van der Waals surface area contributed by atoms with E-state index in [1.807, 2.05) is 0 Å². The van der Waals surface area contributed by atoms with Crippen molar-refractivity contribution in [3.05, 3.63) is 39.9 Å². The second-order valence-corrected chi connectivity index (χ2v) is 5.67. The molecule has 8 heteroatoms. The minimum atomic E-state index is -1.25. The van der Waals surface area contributed by atoms with Gasteiger partial charge in [0.15, 0.2) is 0 Å². The summed E-state index contributed by atoms with van der Waals surface area (Å²) in [5.41, 5.74) is -0.463. The summed E-state index contributed by atoms with van der Waals surface area (Å²) in [6.07, 6.45) is -0.943. The van der Waals surface area contributed by atoms with E-state index in [-0.39, 0.29) is 12.1 Å². The van der Waals surface area contributed by atoms with Crippen molar-refractivity contribution in [2.75, 3.05) is 0 Å². The number of hydrogen-bond donors (Lipinski definition) is 2. The molecule has 120 valence electrons. The van der Waals surface area contributed by atoms with Gasteiger partial charge in [-0.05, 0) is 26.3 Å². The van der Waals surface area contributed by atoms with Crippen LogP contribution >= 0.6 is 0 Å². The minimum absolute atomic E-state index is 0.0870. The number of nitrogens with zero attached hydrogens (tertiary/aromatic N) is 1. The molecule has 1 rings (SSSR count). The number of carboxylic acids is 1. The maximum absolute atomic E-state index is 11.6. The Hall–Kier alpha value is -2.64. The molecule has 0 bridgehead atoms. The molecule has 0 aromatic heterocycles. The Morgan fingerprint density at radius 1 is 1.41 bits per heavy atom. The molecule has 0 saturated carbocycles. The molecule has 1 amide bonds. The van der Waals surface area contributed by atoms with Gasteiger partial charge in [0.25, 0.3) is 5.69 Å². The number of alkyl carbamates (subject to hydrolysis) is 1. The summed E-state index contributed by atoms with van der Waals surface area (Å²) in [7, 11) is 0. The van der Waals surface area contributed by atoms with Gasteiger partial charge in [0.2, 0.25) is 0 Å². The summed E-state index contributed by atoms with van der Waals surface area (Å²) in [4.78, 5) is 33.0. The summed E-state index contributed by atoms with van der Waals surface area (Å²) in [6.45, 7) is 4.97. The zero-order valence-corrected chi connectivity index (χ0v) is 12.5. The summed E-state index contributed by atoms with van der Waals surface area (Å²) in [5.74, 6) is -1.25. The fourth-order valence-electron chi connectivity index (χ4n) is 1.68. The number of carboxylic acid groups (broad SMARTS) is 1. The molecule has 0 spiro atoms. The monoisotopic (exact) mass is 310 g/mol. The van der Waals surface area contributed by atoms with E-state index in [4.69, 9.17) is 9.84 Å². The van der Waals surface area contributed by atoms with E-state index in [2.05, 4.69) is 5.32 Å². The predicted molar refractivity (Wildman–Crippen MR) is 77.6 cm³/mol. The van der Waals surface area contributed by atoms with Gasteiger partial charge in [-0.1, -0.05) is 12.1 Å². The summed E-state index contributed by atoms with van der Waals surface area (Å²) >= 11 is 0. The second-order valence-electron chi connectivity index (χ2n) is 5.67. The van der Waals surface area contributed by atoms with Crippen molar-refractivity contribution >= 4 is 17.7 Å². The normalized spacial score (nSPS) is 12.3. The number of non-ortho nitro benzene ring substituents is 1. The van der Waals surface area contributed by atoms with Crippen molar-refractivity contribution in [2.24, 2.45) is 0 Å². The third-order valence-electron chi connectivity index (χ3n) is 2.55. The highest BCUT2D eigenvalue weighted by Gasteiger charge is 2.24. The quantitative estimate of drug-likeness (QED) is 0.635. The number of rotatable bonds is 5. The van der Waals surface area contributed by atoms with Crippen LogP contribution in [0.1, 0.15) is 26.3 Å². The third-order valence-corrected chi connectivity index (χ3v) is 2.55. The third kappa shape index (κ3) is 5.78. The van der Waals surface area contributed by atoms with Crippen LogP contribution in [0.2, 0.25) is 0 Å². The predicted octanol–water partition coefficient (Wildman–Crippen LogP) is 2.12. The van der Waals surface area contributed by atoms with Crippen molar-refractivity contribution in [1.82, 2.24) is 5.32 Å². The Bertz CT molecular complexity index is 579. The lowest BCUT2D eigenvalue weighted by Crippen LogP contribution is -2.44. The lowest BCUT2D eigenvalue weighted by Gasteiger charge is -2.22. The molecule has 0 radical (unpaired) electrons. The summed E-state index contributed by atoms with van der Waals surface area (Å²) in [5, 5.41) is 22.1. The van der Waals surface area contributed by atoms with E-state index < -0.39 is 28.6 Å². The Balaban J connectivity index is 2.81. The molecule has 1 atom stereocenters. The average Bonchev–Trinajstić information content (AvgIpc) is 2.35. The molecular formula is C14H18N2O6. The number of benzene rings is 1. The average molecular weight is 310 g/mol. The van der Waals surface area contributed by atoms with Crippen LogP contribution < -0.4 is 5.32 Å². The van der Waals surface area contributed by atoms with Crippen molar-refractivity contribution < 1.29 is 24.4 Å². The fourth-order valence-corrected chi connectivity index (χ4v) is 1.68. The Morgan fingerprint density at radius 2 is 2.05 bits per heavy atom. The molecule has 0 saturated heterocycles. The van der Waals surface area contributed by atoms with Gasteiger partial charge in [-0.25, -0.2) is 9.59 Å². The number of ether oxygens (including phenoxy) is 1. The number of hydrogen-bond acceptors (Lipinski definition) is 5. The summed E-state index contributed by atoms with van der Waals surface area (Å²) < 4.78 is 5.00. The molecule has 0 unspecified atom stereocenters. The molecule has 0 heterocycles. The van der Waals surface area contributed by atoms with Gasteiger partial charge in [0.1, 0.15) is 11.6 Å². The van der Waals surface area contributed by atoms with E-state index in [0.29, 0.717) is 5.56 Å². The van der Waals surface area contributed by atoms with E-state index in [0.717, 1.165) is 0 Å². The van der Waals surface area contributed by atoms with Crippen LogP contribution in [0.3, 0.4) is 0 Å². The maximum atomic E-state index is 11.6. The summed E-state index contributed by atoms with van der Waals surface area (Å²) in [6, 6.07) is 4.35. The Morgan fingerprint density at radius 3 is 2.55 bits per heavy atom. The highest BCUT2D eigenvalue weighted by Crippen LogP contribution is 2.15. The van der Waals surface area contributed by atoms with Crippen molar-refractivity contribution in [2.45, 2.75) is 38.8 Å². The first-order valence-electron chi connectivity index (χ1n) is 6.54. The van der Waals surface area contributed by atoms with Crippen LogP contribution in [0.15, 0.2) is 24.3 Å². The first-order chi connectivity index (χ1) is 10.1. The zero-order valence-electron chi connectivity index (χ0n) is 12.5. The number of amides is 1. The molecule has 22 heavy (non-hydrogen) atoms.